The van der Waals surface area contributed by atoms with Crippen molar-refractivity contribution in [3.05, 3.63) is 64.2 Å². The van der Waals surface area contributed by atoms with Gasteiger partial charge in [0.05, 0.1) is 14.2 Å². The number of guanidine groups is 1. The summed E-state index contributed by atoms with van der Waals surface area (Å²) in [5, 5.41) is 7.23. The molecule has 0 heterocycles. The summed E-state index contributed by atoms with van der Waals surface area (Å²) in [5.41, 5.74) is 2.38. The van der Waals surface area contributed by atoms with Crippen LogP contribution in [0.5, 0.6) is 5.75 Å². The zero-order valence-corrected chi connectivity index (χ0v) is 19.2. The Labute approximate surface area is 187 Å². The van der Waals surface area contributed by atoms with Crippen molar-refractivity contribution in [2.24, 2.45) is 4.99 Å². The van der Waals surface area contributed by atoms with Gasteiger partial charge in [0.2, 0.25) is 0 Å². The second kappa shape index (κ2) is 12.5. The molecule has 0 radical (unpaired) electrons. The molecule has 0 saturated heterocycles. The summed E-state index contributed by atoms with van der Waals surface area (Å²) in [6.45, 7) is 1.19. The van der Waals surface area contributed by atoms with Crippen LogP contribution >= 0.6 is 35.6 Å². The number of carbonyl (C=O) groups excluding carboxylic acids is 1. The van der Waals surface area contributed by atoms with Gasteiger partial charge in [-0.1, -0.05) is 35.9 Å². The Morgan fingerprint density at radius 2 is 1.89 bits per heavy atom. The number of nitrogens with one attached hydrogen (secondary N) is 2. The lowest BCUT2D eigenvalue weighted by Gasteiger charge is -2.13. The van der Waals surface area contributed by atoms with Crippen molar-refractivity contribution < 1.29 is 14.3 Å². The van der Waals surface area contributed by atoms with Crippen LogP contribution in [-0.4, -0.2) is 39.7 Å². The van der Waals surface area contributed by atoms with Gasteiger partial charge in [0.15, 0.2) is 5.96 Å². The minimum Gasteiger partial charge on any atom is -0.496 e. The summed E-state index contributed by atoms with van der Waals surface area (Å²) in [6, 6.07) is 13.1. The van der Waals surface area contributed by atoms with Gasteiger partial charge in [-0.15, -0.1) is 24.0 Å². The van der Waals surface area contributed by atoms with Gasteiger partial charge in [-0.25, -0.2) is 4.79 Å². The van der Waals surface area contributed by atoms with E-state index in [2.05, 4.69) is 15.6 Å². The zero-order chi connectivity index (χ0) is 19.6. The summed E-state index contributed by atoms with van der Waals surface area (Å²) in [4.78, 5) is 16.1. The molecule has 2 rings (SSSR count). The zero-order valence-electron chi connectivity index (χ0n) is 16.1. The number of nitrogens with zero attached hydrogens (tertiary/aromatic N) is 1. The van der Waals surface area contributed by atoms with Gasteiger partial charge in [0.25, 0.3) is 0 Å². The summed E-state index contributed by atoms with van der Waals surface area (Å²) in [5.74, 6) is 0.710. The van der Waals surface area contributed by atoms with Crippen molar-refractivity contribution >= 4 is 47.5 Å². The van der Waals surface area contributed by atoms with E-state index in [0.717, 1.165) is 22.6 Å². The molecule has 6 nitrogen and oxygen atoms in total. The minimum atomic E-state index is -0.434. The fourth-order valence-electron chi connectivity index (χ4n) is 2.56. The number of ether oxygens (including phenoxy) is 2. The summed E-state index contributed by atoms with van der Waals surface area (Å²) in [7, 11) is 4.57. The molecule has 0 aliphatic carbocycles. The highest BCUT2D eigenvalue weighted by Crippen LogP contribution is 2.20. The van der Waals surface area contributed by atoms with Gasteiger partial charge in [-0.2, -0.15) is 0 Å². The number of halogens is 2. The lowest BCUT2D eigenvalue weighted by molar-refractivity contribution is 0.0597. The predicted molar refractivity (Wildman–Crippen MR) is 123 cm³/mol. The fourth-order valence-corrected chi connectivity index (χ4v) is 2.79. The predicted octanol–water partition coefficient (Wildman–Crippen LogP) is 3.66. The van der Waals surface area contributed by atoms with Crippen LogP contribution in [-0.2, 0) is 17.7 Å². The van der Waals surface area contributed by atoms with E-state index in [0.29, 0.717) is 30.4 Å². The van der Waals surface area contributed by atoms with Crippen molar-refractivity contribution in [2.45, 2.75) is 13.0 Å². The van der Waals surface area contributed by atoms with E-state index in [1.165, 1.54) is 14.2 Å². The van der Waals surface area contributed by atoms with Gasteiger partial charge in [-0.3, -0.25) is 4.99 Å². The maximum Gasteiger partial charge on any atom is 0.341 e. The molecule has 0 unspecified atom stereocenters. The van der Waals surface area contributed by atoms with Crippen molar-refractivity contribution in [3.8, 4) is 5.75 Å². The Morgan fingerprint density at radius 1 is 1.14 bits per heavy atom. The normalized spacial score (nSPS) is 10.6. The number of methoxy groups -OCH3 is 2. The lowest BCUT2D eigenvalue weighted by atomic mass is 10.1. The van der Waals surface area contributed by atoms with Crippen molar-refractivity contribution in [1.82, 2.24) is 10.6 Å². The first-order valence-corrected chi connectivity index (χ1v) is 8.90. The highest BCUT2D eigenvalue weighted by Gasteiger charge is 2.13. The largest absolute Gasteiger partial charge is 0.496 e. The molecule has 0 aliphatic rings. The SMILES string of the molecule is CN=C(NCCc1ccccc1Cl)NCc1ccc(OC)c(C(=O)OC)c1.I. The molecule has 152 valence electrons. The Kier molecular flexibility index (Phi) is 10.7. The van der Waals surface area contributed by atoms with E-state index in [4.69, 9.17) is 21.1 Å². The van der Waals surface area contributed by atoms with Crippen molar-refractivity contribution in [1.29, 1.82) is 0 Å². The number of aliphatic imine (C=N–C) groups is 1. The van der Waals surface area contributed by atoms with E-state index < -0.39 is 5.97 Å². The molecule has 0 amide bonds. The molecule has 28 heavy (non-hydrogen) atoms. The maximum atomic E-state index is 11.9. The number of hydrogen-bond acceptors (Lipinski definition) is 4. The molecule has 0 spiro atoms. The van der Waals surface area contributed by atoms with E-state index in [-0.39, 0.29) is 24.0 Å². The molecule has 2 aromatic rings. The van der Waals surface area contributed by atoms with E-state index in [1.54, 1.807) is 19.2 Å². The van der Waals surface area contributed by atoms with E-state index >= 15 is 0 Å². The Morgan fingerprint density at radius 3 is 2.54 bits per heavy atom. The molecule has 0 aromatic heterocycles. The third-order valence-electron chi connectivity index (χ3n) is 4.00. The second-order valence-electron chi connectivity index (χ2n) is 5.72. The Balaban J connectivity index is 0.00000392. The quantitative estimate of drug-likeness (QED) is 0.254. The smallest absolute Gasteiger partial charge is 0.341 e. The summed E-state index contributed by atoms with van der Waals surface area (Å²) < 4.78 is 10.0. The minimum absolute atomic E-state index is 0. The van der Waals surface area contributed by atoms with Gasteiger partial charge in [-0.05, 0) is 35.7 Å². The summed E-state index contributed by atoms with van der Waals surface area (Å²) in [6.07, 6.45) is 0.787. The van der Waals surface area contributed by atoms with Crippen molar-refractivity contribution in [3.63, 3.8) is 0 Å². The summed E-state index contributed by atoms with van der Waals surface area (Å²) >= 11 is 6.17. The first-order chi connectivity index (χ1) is 13.1. The van der Waals surface area contributed by atoms with Crippen LogP contribution in [0.15, 0.2) is 47.5 Å². The van der Waals surface area contributed by atoms with Gasteiger partial charge in [0.1, 0.15) is 11.3 Å². The van der Waals surface area contributed by atoms with Gasteiger partial charge in [0, 0.05) is 25.2 Å². The first-order valence-electron chi connectivity index (χ1n) is 8.52. The molecule has 0 atom stereocenters. The Bertz CT molecular complexity index is 815. The van der Waals surface area contributed by atoms with E-state index in [9.17, 15) is 4.79 Å². The number of esters is 1. The van der Waals surface area contributed by atoms with Gasteiger partial charge >= 0.3 is 5.97 Å². The topological polar surface area (TPSA) is 72.0 Å². The molecule has 0 fully saturated rings. The number of carbonyl (C=O) groups is 1. The first kappa shape index (κ1) is 24.0. The van der Waals surface area contributed by atoms with Crippen LogP contribution in [0, 0.1) is 0 Å². The molecule has 2 N–H and O–H groups in total. The number of rotatable bonds is 7. The molecule has 0 aliphatic heterocycles. The molecular weight excluding hydrogens is 493 g/mol. The third kappa shape index (κ3) is 6.87. The average molecular weight is 518 g/mol. The van der Waals surface area contributed by atoms with Crippen LogP contribution < -0.4 is 15.4 Å². The maximum absolute atomic E-state index is 11.9. The third-order valence-corrected chi connectivity index (χ3v) is 4.37. The highest BCUT2D eigenvalue weighted by atomic mass is 127. The van der Waals surface area contributed by atoms with E-state index in [1.807, 2.05) is 30.3 Å². The highest BCUT2D eigenvalue weighted by molar-refractivity contribution is 14.0. The van der Waals surface area contributed by atoms with Crippen molar-refractivity contribution in [2.75, 3.05) is 27.8 Å². The average Bonchev–Trinajstić information content (AvgIpc) is 2.71. The van der Waals surface area contributed by atoms with Crippen LogP contribution in [0.2, 0.25) is 5.02 Å². The molecule has 0 bridgehead atoms. The van der Waals surface area contributed by atoms with Crippen LogP contribution in [0.3, 0.4) is 0 Å². The molecular formula is C20H25ClIN3O3. The molecule has 0 saturated carbocycles. The van der Waals surface area contributed by atoms with Crippen LogP contribution in [0.4, 0.5) is 0 Å². The lowest BCUT2D eigenvalue weighted by Crippen LogP contribution is -2.37. The molecule has 2 aromatic carbocycles. The standard InChI is InChI=1S/C20H24ClN3O3.HI/c1-22-20(23-11-10-15-6-4-5-7-17(15)21)24-13-14-8-9-18(26-2)16(12-14)19(25)27-3;/h4-9,12H,10-11,13H2,1-3H3,(H2,22,23,24);1H. The molecule has 8 heteroatoms. The fraction of sp³-hybridized carbons (Fsp3) is 0.300. The Hall–Kier alpha value is -2.00. The number of benzene rings is 2. The van der Waals surface area contributed by atoms with Gasteiger partial charge < -0.3 is 20.1 Å². The number of hydrogen-bond donors (Lipinski definition) is 2. The van der Waals surface area contributed by atoms with Crippen LogP contribution in [0.1, 0.15) is 21.5 Å². The monoisotopic (exact) mass is 517 g/mol. The second-order valence-corrected chi connectivity index (χ2v) is 6.13. The van der Waals surface area contributed by atoms with Crippen LogP contribution in [0.25, 0.3) is 0 Å².